The van der Waals surface area contributed by atoms with E-state index in [1.54, 1.807) is 12.1 Å². The van der Waals surface area contributed by atoms with Crippen LogP contribution in [0.1, 0.15) is 17.3 Å². The molecular weight excluding hydrogens is 329 g/mol. The van der Waals surface area contributed by atoms with Gasteiger partial charge in [-0.05, 0) is 37.3 Å². The fourth-order valence-electron chi connectivity index (χ4n) is 1.42. The number of hydrogen-bond acceptors (Lipinski definition) is 3. The van der Waals surface area contributed by atoms with Crippen LogP contribution in [-0.2, 0) is 0 Å². The second-order valence-corrected chi connectivity index (χ2v) is 4.98. The van der Waals surface area contributed by atoms with Crippen LogP contribution in [0.15, 0.2) is 42.5 Å². The molecule has 0 unspecified atom stereocenters. The molecule has 0 atom stereocenters. The average Bonchev–Trinajstić information content (AvgIpc) is 2.43. The van der Waals surface area contributed by atoms with E-state index in [0.29, 0.717) is 21.3 Å². The number of benzene rings is 2. The third kappa shape index (κ3) is 6.03. The highest BCUT2D eigenvalue weighted by Gasteiger charge is 2.01. The summed E-state index contributed by atoms with van der Waals surface area (Å²) in [6, 6.07) is 10.8. The Kier molecular flexibility index (Phi) is 6.69. The van der Waals surface area contributed by atoms with Crippen molar-refractivity contribution in [2.75, 3.05) is 5.32 Å². The van der Waals surface area contributed by atoms with E-state index in [1.165, 1.54) is 37.3 Å². The molecule has 0 radical (unpaired) electrons. The van der Waals surface area contributed by atoms with Crippen molar-refractivity contribution in [3.63, 3.8) is 0 Å². The number of rotatable bonds is 2. The molecular formula is C15H13Cl2NO4. The molecule has 0 aliphatic heterocycles. The quantitative estimate of drug-likeness (QED) is 0.692. The van der Waals surface area contributed by atoms with Gasteiger partial charge >= 0.3 is 6.09 Å². The highest BCUT2D eigenvalue weighted by molar-refractivity contribution is 6.42. The lowest BCUT2D eigenvalue weighted by molar-refractivity contribution is 0.101. The SMILES string of the molecule is CC(=O)c1cccc(O)c1.O=C(O)Nc1ccc(Cl)c(Cl)c1. The lowest BCUT2D eigenvalue weighted by Crippen LogP contribution is -2.06. The van der Waals surface area contributed by atoms with Gasteiger partial charge in [0.2, 0.25) is 0 Å². The number of phenols is 1. The first-order valence-corrected chi connectivity index (χ1v) is 6.80. The highest BCUT2D eigenvalue weighted by Crippen LogP contribution is 2.24. The Hall–Kier alpha value is -2.24. The van der Waals surface area contributed by atoms with Gasteiger partial charge < -0.3 is 10.2 Å². The van der Waals surface area contributed by atoms with Crippen LogP contribution in [0.4, 0.5) is 10.5 Å². The zero-order valence-corrected chi connectivity index (χ0v) is 13.0. The fraction of sp³-hybridized carbons (Fsp3) is 0.0667. The van der Waals surface area contributed by atoms with Crippen molar-refractivity contribution in [3.05, 3.63) is 58.1 Å². The number of anilines is 1. The zero-order valence-electron chi connectivity index (χ0n) is 11.5. The molecule has 5 nitrogen and oxygen atoms in total. The number of aromatic hydroxyl groups is 1. The summed E-state index contributed by atoms with van der Waals surface area (Å²) in [4.78, 5) is 20.9. The molecule has 2 aromatic carbocycles. The molecule has 0 aliphatic carbocycles. The third-order valence-corrected chi connectivity index (χ3v) is 3.16. The minimum atomic E-state index is -1.13. The molecule has 2 aromatic rings. The van der Waals surface area contributed by atoms with Crippen LogP contribution >= 0.6 is 23.2 Å². The summed E-state index contributed by atoms with van der Waals surface area (Å²) in [6.45, 7) is 1.47. The second kappa shape index (κ2) is 8.26. The van der Waals surface area contributed by atoms with Crippen LogP contribution in [0.25, 0.3) is 0 Å². The number of ketones is 1. The summed E-state index contributed by atoms with van der Waals surface area (Å²) in [5.74, 6) is 0.101. The van der Waals surface area contributed by atoms with Crippen LogP contribution < -0.4 is 5.32 Å². The maximum Gasteiger partial charge on any atom is 0.409 e. The van der Waals surface area contributed by atoms with Crippen LogP contribution in [-0.4, -0.2) is 22.1 Å². The largest absolute Gasteiger partial charge is 0.508 e. The topological polar surface area (TPSA) is 86.6 Å². The van der Waals surface area contributed by atoms with Crippen LogP contribution in [0.2, 0.25) is 10.0 Å². The summed E-state index contributed by atoms with van der Waals surface area (Å²) in [5.41, 5.74) is 0.942. The normalized spacial score (nSPS) is 9.41. The molecule has 2 rings (SSSR count). The van der Waals surface area contributed by atoms with Gasteiger partial charge in [-0.1, -0.05) is 35.3 Å². The van der Waals surface area contributed by atoms with Gasteiger partial charge in [0.25, 0.3) is 0 Å². The predicted octanol–water partition coefficient (Wildman–Crippen LogP) is 4.68. The molecule has 0 bridgehead atoms. The number of carbonyl (C=O) groups excluding carboxylic acids is 1. The minimum Gasteiger partial charge on any atom is -0.508 e. The molecule has 7 heteroatoms. The first kappa shape index (κ1) is 17.8. The molecule has 0 fully saturated rings. The molecule has 0 saturated carbocycles. The van der Waals surface area contributed by atoms with Crippen molar-refractivity contribution in [1.82, 2.24) is 0 Å². The monoisotopic (exact) mass is 341 g/mol. The van der Waals surface area contributed by atoms with Gasteiger partial charge in [0, 0.05) is 11.3 Å². The zero-order chi connectivity index (χ0) is 16.7. The molecule has 0 aliphatic rings. The fourth-order valence-corrected chi connectivity index (χ4v) is 1.72. The molecule has 0 spiro atoms. The summed E-state index contributed by atoms with van der Waals surface area (Å²) >= 11 is 11.2. The highest BCUT2D eigenvalue weighted by atomic mass is 35.5. The van der Waals surface area contributed by atoms with Crippen molar-refractivity contribution < 1.29 is 19.8 Å². The molecule has 1 amide bonds. The van der Waals surface area contributed by atoms with Crippen molar-refractivity contribution in [2.45, 2.75) is 6.92 Å². The van der Waals surface area contributed by atoms with Gasteiger partial charge in [0.15, 0.2) is 5.78 Å². The number of halogens is 2. The van der Waals surface area contributed by atoms with E-state index in [4.69, 9.17) is 33.4 Å². The van der Waals surface area contributed by atoms with Gasteiger partial charge in [-0.15, -0.1) is 0 Å². The third-order valence-electron chi connectivity index (χ3n) is 2.42. The Morgan fingerprint density at radius 1 is 1.05 bits per heavy atom. The van der Waals surface area contributed by atoms with Gasteiger partial charge in [-0.3, -0.25) is 10.1 Å². The van der Waals surface area contributed by atoms with Crippen molar-refractivity contribution in [2.24, 2.45) is 0 Å². The van der Waals surface area contributed by atoms with Crippen LogP contribution in [0, 0.1) is 0 Å². The summed E-state index contributed by atoms with van der Waals surface area (Å²) < 4.78 is 0. The summed E-state index contributed by atoms with van der Waals surface area (Å²) in [5, 5.41) is 20.1. The molecule has 0 aromatic heterocycles. The predicted molar refractivity (Wildman–Crippen MR) is 86.2 cm³/mol. The van der Waals surface area contributed by atoms with Crippen molar-refractivity contribution in [1.29, 1.82) is 0 Å². The van der Waals surface area contributed by atoms with Gasteiger partial charge in [-0.2, -0.15) is 0 Å². The molecule has 0 heterocycles. The minimum absolute atomic E-state index is 0.0316. The van der Waals surface area contributed by atoms with E-state index in [2.05, 4.69) is 5.32 Å². The lowest BCUT2D eigenvalue weighted by Gasteiger charge is -2.01. The van der Waals surface area contributed by atoms with Gasteiger partial charge in [-0.25, -0.2) is 4.79 Å². The second-order valence-electron chi connectivity index (χ2n) is 4.17. The van der Waals surface area contributed by atoms with Crippen LogP contribution in [0.3, 0.4) is 0 Å². The van der Waals surface area contributed by atoms with E-state index in [-0.39, 0.29) is 11.5 Å². The first-order valence-electron chi connectivity index (χ1n) is 6.04. The number of carbonyl (C=O) groups is 2. The first-order chi connectivity index (χ1) is 10.3. The Labute approximate surface area is 137 Å². The lowest BCUT2D eigenvalue weighted by atomic mass is 10.1. The average molecular weight is 342 g/mol. The maximum absolute atomic E-state index is 10.7. The molecule has 22 heavy (non-hydrogen) atoms. The maximum atomic E-state index is 10.7. The number of hydrogen-bond donors (Lipinski definition) is 3. The Morgan fingerprint density at radius 3 is 2.18 bits per heavy atom. The van der Waals surface area contributed by atoms with E-state index in [0.717, 1.165) is 0 Å². The summed E-state index contributed by atoms with van der Waals surface area (Å²) in [6.07, 6.45) is -1.13. The Bertz CT molecular complexity index is 689. The van der Waals surface area contributed by atoms with Crippen molar-refractivity contribution in [3.8, 4) is 5.75 Å². The van der Waals surface area contributed by atoms with Crippen molar-refractivity contribution >= 4 is 40.8 Å². The standard InChI is InChI=1S/C8H8O2.C7H5Cl2NO2/c1-6(9)7-3-2-4-8(10)5-7;8-5-2-1-4(3-6(5)9)10-7(11)12/h2-5,10H,1H3;1-3,10H,(H,11,12). The molecule has 3 N–H and O–H groups in total. The van der Waals surface area contributed by atoms with Crippen LogP contribution in [0.5, 0.6) is 5.75 Å². The van der Waals surface area contributed by atoms with E-state index in [9.17, 15) is 9.59 Å². The Morgan fingerprint density at radius 2 is 1.73 bits per heavy atom. The van der Waals surface area contributed by atoms with E-state index < -0.39 is 6.09 Å². The molecule has 116 valence electrons. The number of nitrogens with one attached hydrogen (secondary N) is 1. The molecule has 0 saturated heterocycles. The number of amides is 1. The van der Waals surface area contributed by atoms with Gasteiger partial charge in [0.05, 0.1) is 10.0 Å². The van der Waals surface area contributed by atoms with Gasteiger partial charge in [0.1, 0.15) is 5.75 Å². The Balaban J connectivity index is 0.000000224. The van der Waals surface area contributed by atoms with E-state index in [1.807, 2.05) is 0 Å². The summed E-state index contributed by atoms with van der Waals surface area (Å²) in [7, 11) is 0. The smallest absolute Gasteiger partial charge is 0.409 e. The number of Topliss-reactive ketones (excluding diaryl/α,β-unsaturated/α-hetero) is 1. The number of phenolic OH excluding ortho intramolecular Hbond substituents is 1. The van der Waals surface area contributed by atoms with E-state index >= 15 is 0 Å². The number of carboxylic acid groups (broad SMARTS) is 1.